The first-order valence-corrected chi connectivity index (χ1v) is 16.5. The molecule has 226 valence electrons. The summed E-state index contributed by atoms with van der Waals surface area (Å²) in [7, 11) is 2.10. The number of likely N-dealkylation sites (tertiary alicyclic amines) is 1. The number of nitrogens with zero attached hydrogens (tertiary/aromatic N) is 4. The van der Waals surface area contributed by atoms with E-state index < -0.39 is 0 Å². The molecule has 3 aliphatic rings. The van der Waals surface area contributed by atoms with Crippen LogP contribution in [0.4, 0.5) is 0 Å². The highest BCUT2D eigenvalue weighted by Gasteiger charge is 2.26. The van der Waals surface area contributed by atoms with E-state index in [2.05, 4.69) is 62.1 Å². The van der Waals surface area contributed by atoms with Gasteiger partial charge in [-0.15, -0.1) is 0 Å². The number of ether oxygens (including phenoxy) is 1. The van der Waals surface area contributed by atoms with Crippen LogP contribution < -0.4 is 5.32 Å². The van der Waals surface area contributed by atoms with Gasteiger partial charge in [-0.1, -0.05) is 32.0 Å². The molecule has 0 radical (unpaired) electrons. The van der Waals surface area contributed by atoms with Crippen molar-refractivity contribution >= 4 is 21.8 Å². The van der Waals surface area contributed by atoms with Gasteiger partial charge in [-0.05, 0) is 108 Å². The maximum atomic E-state index is 6.14. The average molecular weight is 570 g/mol. The summed E-state index contributed by atoms with van der Waals surface area (Å²) in [4.78, 5) is 11.3. The van der Waals surface area contributed by atoms with E-state index in [4.69, 9.17) is 4.74 Å². The molecule has 7 rings (SSSR count). The Morgan fingerprint density at radius 3 is 2.26 bits per heavy atom. The second-order valence-corrected chi connectivity index (χ2v) is 12.1. The molecule has 1 aliphatic carbocycles. The lowest BCUT2D eigenvalue weighted by atomic mass is 9.94. The Balaban J connectivity index is 0.000000160. The molecule has 3 fully saturated rings. The predicted octanol–water partition coefficient (Wildman–Crippen LogP) is 7.53. The Kier molecular flexibility index (Phi) is 11.0. The number of hydrogen-bond donors (Lipinski definition) is 1. The number of fused-ring (bicyclic) bond motifs is 3. The summed E-state index contributed by atoms with van der Waals surface area (Å²) >= 11 is 0. The van der Waals surface area contributed by atoms with Gasteiger partial charge in [-0.25, -0.2) is 0 Å². The lowest BCUT2D eigenvalue weighted by Crippen LogP contribution is -2.40. The molecule has 1 aromatic carbocycles. The SMILES string of the molecule is C1CC(OC2CCN(CCC3CCNCC3)CC2)C1.CC.Cc1ccc(-c2ccc3c4cnccc4n(C)c3c2)cn1. The van der Waals surface area contributed by atoms with E-state index in [9.17, 15) is 0 Å². The van der Waals surface area contributed by atoms with E-state index in [0.29, 0.717) is 12.2 Å². The molecule has 42 heavy (non-hydrogen) atoms. The molecular formula is C36H51N5O. The Bertz CT molecular complexity index is 1380. The summed E-state index contributed by atoms with van der Waals surface area (Å²) in [6, 6.07) is 12.8. The minimum absolute atomic E-state index is 0.570. The smallest absolute Gasteiger partial charge is 0.0603 e. The van der Waals surface area contributed by atoms with Crippen LogP contribution in [-0.2, 0) is 11.8 Å². The number of aryl methyl sites for hydroxylation is 2. The van der Waals surface area contributed by atoms with Crippen molar-refractivity contribution in [2.24, 2.45) is 13.0 Å². The number of benzene rings is 1. The molecular weight excluding hydrogens is 518 g/mol. The zero-order chi connectivity index (χ0) is 29.3. The summed E-state index contributed by atoms with van der Waals surface area (Å²) in [5, 5.41) is 5.90. The number of hydrogen-bond acceptors (Lipinski definition) is 5. The molecule has 2 saturated heterocycles. The van der Waals surface area contributed by atoms with E-state index in [0.717, 1.165) is 17.2 Å². The van der Waals surface area contributed by atoms with Crippen LogP contribution in [0.2, 0.25) is 0 Å². The fraction of sp³-hybridized carbons (Fsp3) is 0.556. The molecule has 6 nitrogen and oxygen atoms in total. The van der Waals surface area contributed by atoms with Gasteiger partial charge in [0.25, 0.3) is 0 Å². The van der Waals surface area contributed by atoms with Gasteiger partial charge in [0.05, 0.1) is 17.7 Å². The quantitative estimate of drug-likeness (QED) is 0.260. The largest absolute Gasteiger partial charge is 0.375 e. The van der Waals surface area contributed by atoms with Crippen LogP contribution in [0.1, 0.15) is 70.9 Å². The molecule has 0 amide bonds. The Labute approximate surface area is 252 Å². The first kappa shape index (κ1) is 30.7. The van der Waals surface area contributed by atoms with Gasteiger partial charge in [0.15, 0.2) is 0 Å². The third-order valence-corrected chi connectivity index (χ3v) is 9.34. The fourth-order valence-corrected chi connectivity index (χ4v) is 6.46. The van der Waals surface area contributed by atoms with Crippen molar-refractivity contribution in [1.82, 2.24) is 24.8 Å². The van der Waals surface area contributed by atoms with Crippen molar-refractivity contribution in [2.75, 3.05) is 32.7 Å². The minimum Gasteiger partial charge on any atom is -0.375 e. The van der Waals surface area contributed by atoms with Gasteiger partial charge < -0.3 is 19.5 Å². The summed E-state index contributed by atoms with van der Waals surface area (Å²) in [5.41, 5.74) is 5.80. The number of rotatable bonds is 6. The second-order valence-electron chi connectivity index (χ2n) is 12.1. The topological polar surface area (TPSA) is 55.2 Å². The maximum absolute atomic E-state index is 6.14. The van der Waals surface area contributed by atoms with E-state index in [1.54, 1.807) is 0 Å². The van der Waals surface area contributed by atoms with Crippen molar-refractivity contribution in [1.29, 1.82) is 0 Å². The zero-order valence-corrected chi connectivity index (χ0v) is 26.3. The van der Waals surface area contributed by atoms with Crippen LogP contribution in [0.5, 0.6) is 0 Å². The summed E-state index contributed by atoms with van der Waals surface area (Å²) < 4.78 is 8.35. The van der Waals surface area contributed by atoms with Crippen LogP contribution in [0, 0.1) is 12.8 Å². The van der Waals surface area contributed by atoms with Crippen molar-refractivity contribution < 1.29 is 4.74 Å². The predicted molar refractivity (Wildman–Crippen MR) is 176 cm³/mol. The number of nitrogens with one attached hydrogen (secondary N) is 1. The van der Waals surface area contributed by atoms with Gasteiger partial charge in [0.2, 0.25) is 0 Å². The first-order valence-electron chi connectivity index (χ1n) is 16.5. The van der Waals surface area contributed by atoms with E-state index >= 15 is 0 Å². The minimum atomic E-state index is 0.570. The Morgan fingerprint density at radius 1 is 0.833 bits per heavy atom. The van der Waals surface area contributed by atoms with E-state index in [1.807, 2.05) is 45.4 Å². The molecule has 2 aliphatic heterocycles. The highest BCUT2D eigenvalue weighted by molar-refractivity contribution is 6.08. The molecule has 6 heteroatoms. The third kappa shape index (κ3) is 7.58. The highest BCUT2D eigenvalue weighted by Crippen LogP contribution is 2.31. The van der Waals surface area contributed by atoms with Crippen molar-refractivity contribution in [3.8, 4) is 11.1 Å². The molecule has 0 spiro atoms. The lowest BCUT2D eigenvalue weighted by Gasteiger charge is -2.37. The van der Waals surface area contributed by atoms with Crippen LogP contribution in [0.15, 0.2) is 55.0 Å². The summed E-state index contributed by atoms with van der Waals surface area (Å²) in [5.74, 6) is 0.977. The number of pyridine rings is 2. The molecule has 4 aromatic rings. The summed E-state index contributed by atoms with van der Waals surface area (Å²) in [6.45, 7) is 12.3. The van der Waals surface area contributed by atoms with Crippen LogP contribution in [0.3, 0.4) is 0 Å². The van der Waals surface area contributed by atoms with Crippen LogP contribution in [0.25, 0.3) is 32.9 Å². The summed E-state index contributed by atoms with van der Waals surface area (Å²) in [6.07, 6.45) is 17.6. The highest BCUT2D eigenvalue weighted by atomic mass is 16.5. The van der Waals surface area contributed by atoms with E-state index in [1.165, 1.54) is 111 Å². The number of piperidine rings is 2. The molecule has 0 unspecified atom stereocenters. The van der Waals surface area contributed by atoms with Crippen molar-refractivity contribution in [3.63, 3.8) is 0 Å². The van der Waals surface area contributed by atoms with Gasteiger partial charge >= 0.3 is 0 Å². The van der Waals surface area contributed by atoms with Crippen LogP contribution in [-0.4, -0.2) is 64.4 Å². The normalized spacial score (nSPS) is 18.7. The molecule has 5 heterocycles. The third-order valence-electron chi connectivity index (χ3n) is 9.34. The molecule has 0 bridgehead atoms. The maximum Gasteiger partial charge on any atom is 0.0603 e. The Hall–Kier alpha value is -2.80. The lowest BCUT2D eigenvalue weighted by molar-refractivity contribution is -0.0737. The van der Waals surface area contributed by atoms with Crippen molar-refractivity contribution in [2.45, 2.75) is 84.3 Å². The van der Waals surface area contributed by atoms with Crippen molar-refractivity contribution in [3.05, 3.63) is 60.7 Å². The molecule has 3 aromatic heterocycles. The average Bonchev–Trinajstić information content (AvgIpc) is 3.32. The zero-order valence-electron chi connectivity index (χ0n) is 26.3. The van der Waals surface area contributed by atoms with Gasteiger partial charge in [0.1, 0.15) is 0 Å². The Morgan fingerprint density at radius 2 is 1.57 bits per heavy atom. The first-order chi connectivity index (χ1) is 20.6. The monoisotopic (exact) mass is 569 g/mol. The fourth-order valence-electron chi connectivity index (χ4n) is 6.46. The molecule has 1 N–H and O–H groups in total. The standard InChI is InChI=1S/C18H15N3.C16H30N2O.C2H6/c1-12-3-4-14(10-20-12)13-5-6-15-16-11-19-8-7-17(16)21(2)18(15)9-13;1-2-15(3-1)19-16-7-12-18(13-8-16)11-6-14-4-9-17-10-5-14;1-2/h3-11H,1-2H3;14-17H,1-13H2;1-2H3. The van der Waals surface area contributed by atoms with Gasteiger partial charge in [0, 0.05) is 66.3 Å². The molecule has 1 saturated carbocycles. The second kappa shape index (κ2) is 15.1. The molecule has 0 atom stereocenters. The number of aromatic nitrogens is 3. The van der Waals surface area contributed by atoms with Gasteiger partial charge in [-0.2, -0.15) is 0 Å². The van der Waals surface area contributed by atoms with Crippen LogP contribution >= 0.6 is 0 Å². The van der Waals surface area contributed by atoms with Gasteiger partial charge in [-0.3, -0.25) is 9.97 Å². The van der Waals surface area contributed by atoms with E-state index in [-0.39, 0.29) is 0 Å².